The first-order valence-electron chi connectivity index (χ1n) is 28.1. The Morgan fingerprint density at radius 1 is 0.256 bits per heavy atom. The summed E-state index contributed by atoms with van der Waals surface area (Å²) in [4.78, 5) is 5.05. The van der Waals surface area contributed by atoms with E-state index in [2.05, 4.69) is 319 Å². The summed E-state index contributed by atoms with van der Waals surface area (Å²) in [5.74, 6) is 0. The lowest BCUT2D eigenvalue weighted by molar-refractivity contribution is 0.670. The molecule has 0 aliphatic heterocycles. The van der Waals surface area contributed by atoms with Gasteiger partial charge in [-0.25, -0.2) is 0 Å². The van der Waals surface area contributed by atoms with Crippen LogP contribution in [0, 0.1) is 0 Å². The van der Waals surface area contributed by atoms with Crippen molar-refractivity contribution in [2.45, 2.75) is 19.6 Å². The molecule has 4 heteroatoms. The Hall–Kier alpha value is -10.4. The largest absolute Gasteiger partial charge is 0.455 e. The van der Waals surface area contributed by atoms with Crippen molar-refractivity contribution in [1.29, 1.82) is 0 Å². The second-order valence-electron chi connectivity index (χ2n) is 21.1. The van der Waals surface area contributed by atoms with Gasteiger partial charge in [-0.05, 0) is 107 Å². The average molecular weight is 1070 g/mol. The highest BCUT2D eigenvalue weighted by Gasteiger charge is 2.36. The first-order chi connectivity index (χ1) is 40.7. The molecule has 0 amide bonds. The van der Waals surface area contributed by atoms with E-state index in [1.165, 1.54) is 52.3 Å². The van der Waals surface area contributed by atoms with Crippen LogP contribution in [0.25, 0.3) is 121 Å². The third-order valence-electron chi connectivity index (χ3n) is 16.6. The van der Waals surface area contributed by atoms with Crippen LogP contribution in [-0.2, 0) is 0 Å². The Kier molecular flexibility index (Phi) is 11.3. The minimum atomic E-state index is -2.20. The standard InChI is InChI=1S/C78H52N2OS/c1-6-25-53(26-7-1)56-31-22-36-60(49-56)82(58-32-12-4-13-33-58,59-34-14-5-15-35-59)61-51-69(54-27-8-2-9-28-54)77(70(52-61)55-29-10-3-11-30-55)80-73-45-20-17-38-63(73)71-50-57(47-48-74(71)80)79-72-44-19-16-37-62(72)65-40-23-41-66(76(65)79)68-43-24-42-67-64-39-18-21-46-75(64)81-78(67)68/h1-52H. The lowest BCUT2D eigenvalue weighted by Crippen LogP contribution is -2.08. The first kappa shape index (κ1) is 47.6. The molecule has 0 N–H and O–H groups in total. The molecule has 16 rings (SSSR count). The highest BCUT2D eigenvalue weighted by molar-refractivity contribution is 8.34. The average Bonchev–Trinajstić information content (AvgIpc) is 4.26. The van der Waals surface area contributed by atoms with Gasteiger partial charge in [0.1, 0.15) is 11.2 Å². The van der Waals surface area contributed by atoms with Gasteiger partial charge in [0.2, 0.25) is 0 Å². The highest BCUT2D eigenvalue weighted by Crippen LogP contribution is 2.74. The van der Waals surface area contributed by atoms with Crippen LogP contribution in [0.3, 0.4) is 0 Å². The lowest BCUT2D eigenvalue weighted by Gasteiger charge is -2.43. The molecule has 0 saturated heterocycles. The Morgan fingerprint density at radius 2 is 0.720 bits per heavy atom. The molecule has 0 spiro atoms. The van der Waals surface area contributed by atoms with E-state index < -0.39 is 10.0 Å². The van der Waals surface area contributed by atoms with E-state index in [0.29, 0.717) is 0 Å². The molecule has 0 bridgehead atoms. The van der Waals surface area contributed by atoms with Gasteiger partial charge >= 0.3 is 0 Å². The fraction of sp³-hybridized carbons (Fsp3) is 0. The van der Waals surface area contributed by atoms with Crippen molar-refractivity contribution in [3.05, 3.63) is 315 Å². The predicted octanol–water partition coefficient (Wildman–Crippen LogP) is 21.8. The van der Waals surface area contributed by atoms with E-state index in [1.807, 2.05) is 6.07 Å². The molecule has 0 radical (unpaired) electrons. The van der Waals surface area contributed by atoms with Crippen LogP contribution in [0.2, 0.25) is 0 Å². The van der Waals surface area contributed by atoms with E-state index in [1.54, 1.807) is 0 Å². The fourth-order valence-corrected chi connectivity index (χ4v) is 17.0. The number of furan rings is 1. The second kappa shape index (κ2) is 19.5. The van der Waals surface area contributed by atoms with Crippen LogP contribution >= 0.6 is 10.0 Å². The summed E-state index contributed by atoms with van der Waals surface area (Å²) in [5, 5.41) is 6.99. The summed E-state index contributed by atoms with van der Waals surface area (Å²) in [5.41, 5.74) is 17.7. The van der Waals surface area contributed by atoms with Gasteiger partial charge in [0.15, 0.2) is 0 Å². The molecule has 0 aliphatic carbocycles. The van der Waals surface area contributed by atoms with Gasteiger partial charge in [0.25, 0.3) is 0 Å². The minimum absolute atomic E-state index is 0.890. The molecular weight excluding hydrogens is 1010 g/mol. The van der Waals surface area contributed by atoms with Crippen molar-refractivity contribution in [3.8, 4) is 55.9 Å². The zero-order chi connectivity index (χ0) is 54.1. The third kappa shape index (κ3) is 7.46. The molecule has 3 aromatic heterocycles. The summed E-state index contributed by atoms with van der Waals surface area (Å²) in [6.07, 6.45) is 0. The number of fused-ring (bicyclic) bond motifs is 9. The molecule has 0 atom stereocenters. The molecule has 386 valence electrons. The highest BCUT2D eigenvalue weighted by atomic mass is 32.3. The Bertz CT molecular complexity index is 4980. The zero-order valence-electron chi connectivity index (χ0n) is 44.7. The molecule has 82 heavy (non-hydrogen) atoms. The van der Waals surface area contributed by atoms with Crippen LogP contribution in [-0.4, -0.2) is 9.13 Å². The second-order valence-corrected chi connectivity index (χ2v) is 24.2. The molecule has 3 nitrogen and oxygen atoms in total. The quantitative estimate of drug-likeness (QED) is 0.134. The number of para-hydroxylation sites is 5. The fourth-order valence-electron chi connectivity index (χ4n) is 13.1. The van der Waals surface area contributed by atoms with E-state index in [9.17, 15) is 0 Å². The topological polar surface area (TPSA) is 23.0 Å². The van der Waals surface area contributed by atoms with Crippen LogP contribution in [0.5, 0.6) is 0 Å². The summed E-state index contributed by atoms with van der Waals surface area (Å²) in [6, 6.07) is 116. The molecular formula is C78H52N2OS. The summed E-state index contributed by atoms with van der Waals surface area (Å²) >= 11 is 0. The van der Waals surface area contributed by atoms with E-state index >= 15 is 0 Å². The molecule has 0 fully saturated rings. The van der Waals surface area contributed by atoms with Gasteiger partial charge in [-0.1, -0.05) is 231 Å². The zero-order valence-corrected chi connectivity index (χ0v) is 45.5. The van der Waals surface area contributed by atoms with Gasteiger partial charge in [0.05, 0.1) is 27.8 Å². The Morgan fingerprint density at radius 3 is 1.37 bits per heavy atom. The monoisotopic (exact) mass is 1060 g/mol. The number of nitrogens with zero attached hydrogens (tertiary/aromatic N) is 2. The van der Waals surface area contributed by atoms with Gasteiger partial charge in [-0.2, -0.15) is 0 Å². The van der Waals surface area contributed by atoms with Crippen molar-refractivity contribution in [3.63, 3.8) is 0 Å². The summed E-state index contributed by atoms with van der Waals surface area (Å²) in [6.45, 7) is 0. The summed E-state index contributed by atoms with van der Waals surface area (Å²) in [7, 11) is -2.20. The molecule has 0 aliphatic rings. The third-order valence-corrected chi connectivity index (χ3v) is 20.5. The van der Waals surface area contributed by atoms with Crippen molar-refractivity contribution in [2.24, 2.45) is 0 Å². The summed E-state index contributed by atoms with van der Waals surface area (Å²) < 4.78 is 11.8. The van der Waals surface area contributed by atoms with Gasteiger partial charge in [0, 0.05) is 79.8 Å². The molecule has 0 unspecified atom stereocenters. The van der Waals surface area contributed by atoms with Crippen LogP contribution in [0.4, 0.5) is 0 Å². The normalized spacial score (nSPS) is 12.1. The Labute approximate surface area is 477 Å². The lowest BCUT2D eigenvalue weighted by atomic mass is 9.95. The molecule has 0 saturated carbocycles. The molecule has 3 heterocycles. The maximum Gasteiger partial charge on any atom is 0.143 e. The van der Waals surface area contributed by atoms with E-state index in [4.69, 9.17) is 4.42 Å². The predicted molar refractivity (Wildman–Crippen MR) is 344 cm³/mol. The Balaban J connectivity index is 0.993. The maximum absolute atomic E-state index is 6.74. The number of rotatable bonds is 10. The minimum Gasteiger partial charge on any atom is -0.455 e. The van der Waals surface area contributed by atoms with Gasteiger partial charge in [-0.3, -0.25) is 0 Å². The maximum atomic E-state index is 6.74. The van der Waals surface area contributed by atoms with Crippen molar-refractivity contribution < 1.29 is 4.42 Å². The van der Waals surface area contributed by atoms with E-state index in [0.717, 1.165) is 88.8 Å². The molecule has 16 aromatic rings. The number of hydrogen-bond donors (Lipinski definition) is 0. The first-order valence-corrected chi connectivity index (χ1v) is 29.7. The van der Waals surface area contributed by atoms with Gasteiger partial charge in [-0.15, -0.1) is 10.0 Å². The van der Waals surface area contributed by atoms with Crippen LogP contribution < -0.4 is 0 Å². The number of aromatic nitrogens is 2. The van der Waals surface area contributed by atoms with Crippen LogP contribution in [0.15, 0.2) is 339 Å². The number of benzene rings is 13. The van der Waals surface area contributed by atoms with Crippen LogP contribution in [0.1, 0.15) is 0 Å². The van der Waals surface area contributed by atoms with Crippen molar-refractivity contribution in [2.75, 3.05) is 0 Å². The van der Waals surface area contributed by atoms with Crippen molar-refractivity contribution in [1.82, 2.24) is 9.13 Å². The molecule has 13 aromatic carbocycles. The number of hydrogen-bond acceptors (Lipinski definition) is 1. The smallest absolute Gasteiger partial charge is 0.143 e. The van der Waals surface area contributed by atoms with Gasteiger partial charge < -0.3 is 13.6 Å². The van der Waals surface area contributed by atoms with Crippen molar-refractivity contribution >= 4 is 75.6 Å². The SMILES string of the molecule is c1ccc(-c2cccc(S(c3ccccc3)(c3ccccc3)c3cc(-c4ccccc4)c(-n4c5ccccc5c5cc(-n6c7ccccc7c7cccc(-c8cccc9c8oc8ccccc89)c76)ccc54)c(-c4ccccc4)c3)c2)cc1. The van der Waals surface area contributed by atoms with E-state index in [-0.39, 0.29) is 0 Å².